The van der Waals surface area contributed by atoms with E-state index < -0.39 is 0 Å². The molecule has 0 radical (unpaired) electrons. The van der Waals surface area contributed by atoms with Gasteiger partial charge in [0.1, 0.15) is 5.82 Å². The van der Waals surface area contributed by atoms with Gasteiger partial charge in [0.25, 0.3) is 0 Å². The molecule has 1 aromatic carbocycles. The third-order valence-corrected chi connectivity index (χ3v) is 3.57. The highest BCUT2D eigenvalue weighted by Crippen LogP contribution is 2.28. The average Bonchev–Trinajstić information content (AvgIpc) is 2.65. The number of carbonyl (C=O) groups is 1. The number of nitrogens with zero attached hydrogens (tertiary/aromatic N) is 1. The highest BCUT2D eigenvalue weighted by Gasteiger charge is 2.08. The van der Waals surface area contributed by atoms with Crippen LogP contribution in [0.3, 0.4) is 0 Å². The van der Waals surface area contributed by atoms with Crippen LogP contribution in [-0.4, -0.2) is 31.7 Å². The van der Waals surface area contributed by atoms with Crippen molar-refractivity contribution >= 4 is 17.4 Å². The normalized spacial score (nSPS) is 10.0. The summed E-state index contributed by atoms with van der Waals surface area (Å²) in [5, 5.41) is 5.92. The van der Waals surface area contributed by atoms with Gasteiger partial charge in [-0.15, -0.1) is 6.58 Å². The van der Waals surface area contributed by atoms with E-state index in [4.69, 9.17) is 9.47 Å². The van der Waals surface area contributed by atoms with Crippen LogP contribution in [-0.2, 0) is 11.2 Å². The van der Waals surface area contributed by atoms with Crippen LogP contribution in [0.25, 0.3) is 0 Å². The Kier molecular flexibility index (Phi) is 6.83. The van der Waals surface area contributed by atoms with Gasteiger partial charge in [-0.1, -0.05) is 12.1 Å². The predicted molar refractivity (Wildman–Crippen MR) is 99.4 cm³/mol. The fourth-order valence-corrected chi connectivity index (χ4v) is 2.26. The molecule has 132 valence electrons. The fourth-order valence-electron chi connectivity index (χ4n) is 2.26. The van der Waals surface area contributed by atoms with E-state index in [1.807, 2.05) is 24.3 Å². The van der Waals surface area contributed by atoms with Gasteiger partial charge >= 0.3 is 0 Å². The molecule has 2 aromatic rings. The third-order valence-electron chi connectivity index (χ3n) is 3.57. The first-order valence-electron chi connectivity index (χ1n) is 7.98. The zero-order valence-corrected chi connectivity index (χ0v) is 14.5. The van der Waals surface area contributed by atoms with Crippen molar-refractivity contribution in [1.29, 1.82) is 0 Å². The number of nitrogens with one attached hydrogen (secondary N) is 2. The molecular formula is C19H23N3O3. The molecule has 2 rings (SSSR count). The lowest BCUT2D eigenvalue weighted by Gasteiger charge is -2.10. The lowest BCUT2D eigenvalue weighted by Crippen LogP contribution is -2.13. The summed E-state index contributed by atoms with van der Waals surface area (Å²) in [7, 11) is 3.18. The Bertz CT molecular complexity index is 714. The maximum absolute atomic E-state index is 12.1. The highest BCUT2D eigenvalue weighted by molar-refractivity contribution is 5.89. The second-order valence-corrected chi connectivity index (χ2v) is 5.34. The first-order chi connectivity index (χ1) is 12.2. The topological polar surface area (TPSA) is 72.5 Å². The lowest BCUT2D eigenvalue weighted by molar-refractivity contribution is -0.116. The van der Waals surface area contributed by atoms with Crippen molar-refractivity contribution in [1.82, 2.24) is 4.98 Å². The minimum Gasteiger partial charge on any atom is -0.493 e. The molecule has 6 nitrogen and oxygen atoms in total. The molecule has 1 heterocycles. The maximum atomic E-state index is 12.1. The van der Waals surface area contributed by atoms with E-state index in [-0.39, 0.29) is 5.91 Å². The van der Waals surface area contributed by atoms with Crippen LogP contribution >= 0.6 is 0 Å². The molecule has 0 saturated carbocycles. The molecule has 6 heteroatoms. The van der Waals surface area contributed by atoms with E-state index >= 15 is 0 Å². The van der Waals surface area contributed by atoms with Crippen LogP contribution in [0.5, 0.6) is 11.5 Å². The molecule has 0 saturated heterocycles. The van der Waals surface area contributed by atoms with Crippen molar-refractivity contribution < 1.29 is 14.3 Å². The molecular weight excluding hydrogens is 318 g/mol. The number of anilines is 2. The standard InChI is InChI=1S/C19H23N3O3/c1-4-11-20-15-7-9-18(21-13-15)22-19(23)10-6-14-5-8-16(24-2)17(12-14)25-3/h4-5,7-9,12-13,20H,1,6,10-11H2,2-3H3,(H,21,22,23). The Hall–Kier alpha value is -3.02. The van der Waals surface area contributed by atoms with Crippen molar-refractivity contribution in [2.75, 3.05) is 31.4 Å². The summed E-state index contributed by atoms with van der Waals surface area (Å²) in [6.07, 6.45) is 4.40. The monoisotopic (exact) mass is 341 g/mol. The number of aryl methyl sites for hydroxylation is 1. The average molecular weight is 341 g/mol. The smallest absolute Gasteiger partial charge is 0.225 e. The summed E-state index contributed by atoms with van der Waals surface area (Å²) >= 11 is 0. The number of benzene rings is 1. The van der Waals surface area contributed by atoms with Gasteiger partial charge in [0, 0.05) is 13.0 Å². The SMILES string of the molecule is C=CCNc1ccc(NC(=O)CCc2ccc(OC)c(OC)c2)nc1. The summed E-state index contributed by atoms with van der Waals surface area (Å²) in [4.78, 5) is 16.3. The molecule has 1 amide bonds. The van der Waals surface area contributed by atoms with Crippen LogP contribution in [0.4, 0.5) is 11.5 Å². The van der Waals surface area contributed by atoms with E-state index in [0.717, 1.165) is 11.3 Å². The van der Waals surface area contributed by atoms with E-state index in [2.05, 4.69) is 22.2 Å². The van der Waals surface area contributed by atoms with Gasteiger partial charge < -0.3 is 20.1 Å². The highest BCUT2D eigenvalue weighted by atomic mass is 16.5. The minimum absolute atomic E-state index is 0.0888. The Morgan fingerprint density at radius 1 is 1.20 bits per heavy atom. The van der Waals surface area contributed by atoms with Crippen molar-refractivity contribution in [2.24, 2.45) is 0 Å². The first-order valence-corrected chi connectivity index (χ1v) is 7.98. The molecule has 0 bridgehead atoms. The molecule has 0 fully saturated rings. The summed E-state index contributed by atoms with van der Waals surface area (Å²) < 4.78 is 10.5. The summed E-state index contributed by atoms with van der Waals surface area (Å²) in [6, 6.07) is 9.26. The number of methoxy groups -OCH3 is 2. The molecule has 2 N–H and O–H groups in total. The quantitative estimate of drug-likeness (QED) is 0.685. The summed E-state index contributed by atoms with van der Waals surface area (Å²) in [5.74, 6) is 1.77. The van der Waals surface area contributed by atoms with Crippen molar-refractivity contribution in [3.63, 3.8) is 0 Å². The number of rotatable bonds is 9. The number of pyridine rings is 1. The van der Waals surface area contributed by atoms with Gasteiger partial charge in [-0.3, -0.25) is 4.79 Å². The van der Waals surface area contributed by atoms with Crippen molar-refractivity contribution in [3.05, 3.63) is 54.7 Å². The van der Waals surface area contributed by atoms with Crippen LogP contribution in [0.2, 0.25) is 0 Å². The molecule has 1 aromatic heterocycles. The zero-order chi connectivity index (χ0) is 18.1. The van der Waals surface area contributed by atoms with Gasteiger partial charge in [0.15, 0.2) is 11.5 Å². The van der Waals surface area contributed by atoms with Gasteiger partial charge in [-0.05, 0) is 36.2 Å². The Balaban J connectivity index is 1.87. The zero-order valence-electron chi connectivity index (χ0n) is 14.5. The van der Waals surface area contributed by atoms with Crippen LogP contribution in [0.1, 0.15) is 12.0 Å². The van der Waals surface area contributed by atoms with E-state index in [1.54, 1.807) is 32.6 Å². The lowest BCUT2D eigenvalue weighted by atomic mass is 10.1. The first kappa shape index (κ1) is 18.3. The molecule has 0 aliphatic carbocycles. The van der Waals surface area contributed by atoms with Crippen molar-refractivity contribution in [3.8, 4) is 11.5 Å². The number of hydrogen-bond donors (Lipinski definition) is 2. The van der Waals surface area contributed by atoms with Gasteiger partial charge in [0.05, 0.1) is 26.1 Å². The Morgan fingerprint density at radius 3 is 2.64 bits per heavy atom. The fraction of sp³-hybridized carbons (Fsp3) is 0.263. The Morgan fingerprint density at radius 2 is 2.00 bits per heavy atom. The van der Waals surface area contributed by atoms with Gasteiger partial charge in [0.2, 0.25) is 5.91 Å². The maximum Gasteiger partial charge on any atom is 0.225 e. The molecule has 0 aliphatic rings. The van der Waals surface area contributed by atoms with Crippen LogP contribution in [0.15, 0.2) is 49.2 Å². The van der Waals surface area contributed by atoms with E-state index in [1.165, 1.54) is 0 Å². The predicted octanol–water partition coefficient (Wildman–Crippen LogP) is 3.27. The Labute approximate surface area is 147 Å². The summed E-state index contributed by atoms with van der Waals surface area (Å²) in [6.45, 7) is 4.31. The summed E-state index contributed by atoms with van der Waals surface area (Å²) in [5.41, 5.74) is 1.88. The minimum atomic E-state index is -0.0888. The molecule has 0 atom stereocenters. The number of amides is 1. The number of ether oxygens (including phenoxy) is 2. The number of aromatic nitrogens is 1. The van der Waals surface area contributed by atoms with E-state index in [0.29, 0.717) is 36.7 Å². The second-order valence-electron chi connectivity index (χ2n) is 5.34. The van der Waals surface area contributed by atoms with Gasteiger partial charge in [-0.25, -0.2) is 4.98 Å². The number of hydrogen-bond acceptors (Lipinski definition) is 5. The molecule has 0 aliphatic heterocycles. The second kappa shape index (κ2) is 9.32. The van der Waals surface area contributed by atoms with Gasteiger partial charge in [-0.2, -0.15) is 0 Å². The molecule has 0 spiro atoms. The largest absolute Gasteiger partial charge is 0.493 e. The van der Waals surface area contributed by atoms with E-state index in [9.17, 15) is 4.79 Å². The van der Waals surface area contributed by atoms with Crippen molar-refractivity contribution in [2.45, 2.75) is 12.8 Å². The molecule has 0 unspecified atom stereocenters. The van der Waals surface area contributed by atoms with Crippen LogP contribution in [0, 0.1) is 0 Å². The third kappa shape index (κ3) is 5.53. The molecule has 25 heavy (non-hydrogen) atoms. The number of carbonyl (C=O) groups excluding carboxylic acids is 1. The van der Waals surface area contributed by atoms with Crippen LogP contribution < -0.4 is 20.1 Å².